The minimum atomic E-state index is -0.606. The largest absolute Gasteiger partial charge is 0.354 e. The van der Waals surface area contributed by atoms with Crippen molar-refractivity contribution in [2.24, 2.45) is 65.6 Å². The zero-order valence-corrected chi connectivity index (χ0v) is 21.0. The van der Waals surface area contributed by atoms with Crippen LogP contribution in [0.1, 0.15) is 71.6 Å². The molecule has 4 aliphatic rings. The zero-order valence-electron chi connectivity index (χ0n) is 21.0. The Bertz CT molecular complexity index is 932. The van der Waals surface area contributed by atoms with Gasteiger partial charge >= 0.3 is 6.03 Å². The predicted octanol–water partition coefficient (Wildman–Crippen LogP) is 3.87. The lowest BCUT2D eigenvalue weighted by Crippen LogP contribution is -2.54. The van der Waals surface area contributed by atoms with E-state index in [9.17, 15) is 9.59 Å². The maximum atomic E-state index is 13.5. The minimum absolute atomic E-state index is 0.0238. The lowest BCUT2D eigenvalue weighted by atomic mass is 9.49. The number of nitrogens with two attached hydrogens (primary N) is 2. The van der Waals surface area contributed by atoms with Crippen molar-refractivity contribution in [3.05, 3.63) is 12.3 Å². The number of hydrogen-bond donors (Lipinski definition) is 2. The highest BCUT2D eigenvalue weighted by molar-refractivity contribution is 5.93. The maximum Gasteiger partial charge on any atom is 0.354 e. The van der Waals surface area contributed by atoms with Crippen molar-refractivity contribution >= 4 is 17.6 Å². The monoisotopic (exact) mass is 470 g/mol. The van der Waals surface area contributed by atoms with Crippen molar-refractivity contribution in [3.63, 3.8) is 0 Å². The SMILES string of the molecule is CC1CCC2C(CCC3C2CCC2(C)C(C(=O)CN(N)C(=O)N(N)c4ccnn4C)CCC32)C1. The van der Waals surface area contributed by atoms with E-state index in [0.29, 0.717) is 11.7 Å². The van der Waals surface area contributed by atoms with Crippen LogP contribution in [0.5, 0.6) is 0 Å². The van der Waals surface area contributed by atoms with E-state index < -0.39 is 6.03 Å². The van der Waals surface area contributed by atoms with Crippen LogP contribution in [0.25, 0.3) is 0 Å². The lowest BCUT2D eigenvalue weighted by molar-refractivity contribution is -0.131. The highest BCUT2D eigenvalue weighted by Crippen LogP contribution is 2.64. The first-order valence-electron chi connectivity index (χ1n) is 13.3. The van der Waals surface area contributed by atoms with Crippen molar-refractivity contribution in [1.82, 2.24) is 14.8 Å². The molecule has 2 amide bonds. The molecule has 34 heavy (non-hydrogen) atoms. The first-order valence-corrected chi connectivity index (χ1v) is 13.3. The van der Waals surface area contributed by atoms with Gasteiger partial charge < -0.3 is 0 Å². The quantitative estimate of drug-likeness (QED) is 0.394. The molecule has 0 spiro atoms. The van der Waals surface area contributed by atoms with Crippen LogP contribution in [0.15, 0.2) is 12.3 Å². The molecule has 8 heteroatoms. The number of aryl methyl sites for hydroxylation is 1. The molecule has 0 saturated heterocycles. The molecule has 0 aliphatic heterocycles. The van der Waals surface area contributed by atoms with Gasteiger partial charge in [-0.25, -0.2) is 21.5 Å². The molecule has 0 radical (unpaired) electrons. The van der Waals surface area contributed by atoms with Gasteiger partial charge in [0.1, 0.15) is 5.82 Å². The van der Waals surface area contributed by atoms with E-state index in [4.69, 9.17) is 11.7 Å². The summed E-state index contributed by atoms with van der Waals surface area (Å²) in [5.74, 6) is 17.5. The van der Waals surface area contributed by atoms with Gasteiger partial charge in [0.2, 0.25) is 0 Å². The molecule has 8 atom stereocenters. The molecule has 4 N–H and O–H groups in total. The topological polar surface area (TPSA) is 110 Å². The summed E-state index contributed by atoms with van der Waals surface area (Å²) in [6.45, 7) is 4.68. The minimum Gasteiger partial charge on any atom is -0.297 e. The molecule has 4 fully saturated rings. The number of aromatic nitrogens is 2. The van der Waals surface area contributed by atoms with Gasteiger partial charge in [-0.05, 0) is 92.3 Å². The van der Waals surface area contributed by atoms with Crippen LogP contribution >= 0.6 is 0 Å². The third-order valence-electron chi connectivity index (χ3n) is 10.4. The number of nitrogens with zero attached hydrogens (tertiary/aromatic N) is 4. The standard InChI is InChI=1S/C26H42N6O2/c1-16-4-6-18-17(14-16)5-7-20-19(18)10-12-26(2)21(20)8-9-22(26)23(33)15-31(27)25(34)32(28)24-11-13-29-30(24)3/h11,13,16-22H,4-10,12,14-15,27-28H2,1-3H3. The summed E-state index contributed by atoms with van der Waals surface area (Å²) in [4.78, 5) is 26.2. The van der Waals surface area contributed by atoms with Gasteiger partial charge in [0.25, 0.3) is 0 Å². The van der Waals surface area contributed by atoms with Crippen LogP contribution in [0, 0.1) is 46.8 Å². The second-order valence-electron chi connectivity index (χ2n) is 12.1. The van der Waals surface area contributed by atoms with Crippen LogP contribution in [0.3, 0.4) is 0 Å². The van der Waals surface area contributed by atoms with E-state index in [2.05, 4.69) is 18.9 Å². The predicted molar refractivity (Wildman–Crippen MR) is 131 cm³/mol. The van der Waals surface area contributed by atoms with E-state index in [-0.39, 0.29) is 23.7 Å². The Labute approximate surface area is 203 Å². The number of ketones is 1. The average Bonchev–Trinajstić information content (AvgIpc) is 3.40. The highest BCUT2D eigenvalue weighted by Gasteiger charge is 2.58. The van der Waals surface area contributed by atoms with Gasteiger partial charge in [-0.2, -0.15) is 5.10 Å². The van der Waals surface area contributed by atoms with Crippen LogP contribution < -0.4 is 16.7 Å². The van der Waals surface area contributed by atoms with Crippen molar-refractivity contribution in [3.8, 4) is 0 Å². The Kier molecular flexibility index (Phi) is 6.25. The molecule has 1 aromatic heterocycles. The number of Topliss-reactive ketones (excluding diaryl/α,β-unsaturated/α-hetero) is 1. The van der Waals surface area contributed by atoms with Gasteiger partial charge in [0.15, 0.2) is 5.78 Å². The number of rotatable bonds is 4. The fourth-order valence-corrected chi connectivity index (χ4v) is 8.80. The number of hydrazine groups is 2. The fraction of sp³-hybridized carbons (Fsp3) is 0.808. The van der Waals surface area contributed by atoms with Gasteiger partial charge in [0.05, 0.1) is 12.7 Å². The van der Waals surface area contributed by atoms with E-state index >= 15 is 0 Å². The first-order chi connectivity index (χ1) is 16.2. The molecule has 0 aromatic carbocycles. The highest BCUT2D eigenvalue weighted by atomic mass is 16.2. The molecule has 4 saturated carbocycles. The fourth-order valence-electron chi connectivity index (χ4n) is 8.80. The molecule has 1 heterocycles. The third kappa shape index (κ3) is 3.87. The first kappa shape index (κ1) is 23.8. The molecule has 1 aromatic rings. The number of carbonyl (C=O) groups excluding carboxylic acids is 2. The zero-order chi connectivity index (χ0) is 24.2. The van der Waals surface area contributed by atoms with Crippen LogP contribution in [-0.2, 0) is 11.8 Å². The van der Waals surface area contributed by atoms with Crippen LogP contribution in [0.4, 0.5) is 10.6 Å². The molecular weight excluding hydrogens is 428 g/mol. The average molecular weight is 471 g/mol. The molecule has 8 unspecified atom stereocenters. The van der Waals surface area contributed by atoms with Crippen LogP contribution in [0.2, 0.25) is 0 Å². The summed E-state index contributed by atoms with van der Waals surface area (Å²) in [5, 5.41) is 5.95. The van der Waals surface area contributed by atoms with E-state index in [1.54, 1.807) is 19.3 Å². The molecule has 0 bridgehead atoms. The summed E-state index contributed by atoms with van der Waals surface area (Å²) >= 11 is 0. The Morgan fingerprint density at radius 3 is 2.59 bits per heavy atom. The molecule has 4 aliphatic carbocycles. The second kappa shape index (κ2) is 8.94. The second-order valence-corrected chi connectivity index (χ2v) is 12.1. The number of fused-ring (bicyclic) bond motifs is 5. The van der Waals surface area contributed by atoms with Crippen molar-refractivity contribution in [2.45, 2.75) is 71.6 Å². The van der Waals surface area contributed by atoms with E-state index in [1.807, 2.05) is 0 Å². The van der Waals surface area contributed by atoms with Crippen molar-refractivity contribution < 1.29 is 9.59 Å². The number of hydrogen-bond acceptors (Lipinski definition) is 5. The molecule has 5 rings (SSSR count). The summed E-state index contributed by atoms with van der Waals surface area (Å²) < 4.78 is 1.50. The Morgan fingerprint density at radius 2 is 1.85 bits per heavy atom. The van der Waals surface area contributed by atoms with Crippen LogP contribution in [-0.4, -0.2) is 33.1 Å². The van der Waals surface area contributed by atoms with Crippen molar-refractivity contribution in [1.29, 1.82) is 0 Å². The van der Waals surface area contributed by atoms with Gasteiger partial charge in [-0.3, -0.25) is 14.5 Å². The number of anilines is 1. The smallest absolute Gasteiger partial charge is 0.297 e. The van der Waals surface area contributed by atoms with E-state index in [0.717, 1.165) is 58.9 Å². The third-order valence-corrected chi connectivity index (χ3v) is 10.4. The van der Waals surface area contributed by atoms with Gasteiger partial charge in [0, 0.05) is 19.0 Å². The number of urea groups is 1. The van der Waals surface area contributed by atoms with Gasteiger partial charge in [-0.15, -0.1) is 0 Å². The normalized spacial score (nSPS) is 39.0. The summed E-state index contributed by atoms with van der Waals surface area (Å²) in [6.07, 6.45) is 13.0. The van der Waals surface area contributed by atoms with E-state index in [1.165, 1.54) is 43.2 Å². The molecule has 8 nitrogen and oxygen atoms in total. The molecule has 188 valence electrons. The number of carbonyl (C=O) groups is 2. The maximum absolute atomic E-state index is 13.5. The molecular formula is C26H42N6O2. The summed E-state index contributed by atoms with van der Waals surface area (Å²) in [5.41, 5.74) is 0.0291. The summed E-state index contributed by atoms with van der Waals surface area (Å²) in [6, 6.07) is 1.03. The number of amides is 2. The Morgan fingerprint density at radius 1 is 1.09 bits per heavy atom. The van der Waals surface area contributed by atoms with Crippen molar-refractivity contribution in [2.75, 3.05) is 11.6 Å². The lowest BCUT2D eigenvalue weighted by Gasteiger charge is -2.56. The Balaban J connectivity index is 1.24. The Hall–Kier alpha value is -1.93. The summed E-state index contributed by atoms with van der Waals surface area (Å²) in [7, 11) is 1.70. The van der Waals surface area contributed by atoms with Gasteiger partial charge in [-0.1, -0.05) is 20.3 Å².